The second kappa shape index (κ2) is 11.3. The van der Waals surface area contributed by atoms with E-state index in [2.05, 4.69) is 23.6 Å². The van der Waals surface area contributed by atoms with E-state index in [4.69, 9.17) is 10.5 Å². The predicted octanol–water partition coefficient (Wildman–Crippen LogP) is 5.72. The van der Waals surface area contributed by atoms with Gasteiger partial charge in [0.05, 0.1) is 17.5 Å². The molecule has 0 bridgehead atoms. The Bertz CT molecular complexity index is 1200. The normalized spacial score (nSPS) is 11.6. The number of aryl methyl sites for hydroxylation is 1. The molecule has 1 amide bonds. The predicted molar refractivity (Wildman–Crippen MR) is 129 cm³/mol. The Morgan fingerprint density at radius 1 is 1.18 bits per heavy atom. The van der Waals surface area contributed by atoms with E-state index in [-0.39, 0.29) is 5.39 Å². The van der Waals surface area contributed by atoms with Crippen LogP contribution in [0.1, 0.15) is 59.6 Å². The minimum atomic E-state index is -2.80. The van der Waals surface area contributed by atoms with Crippen molar-refractivity contribution in [1.29, 1.82) is 0 Å². The minimum absolute atomic E-state index is 0.0249. The van der Waals surface area contributed by atoms with Crippen LogP contribution in [0.25, 0.3) is 21.7 Å². The molecule has 0 radical (unpaired) electrons. The van der Waals surface area contributed by atoms with Gasteiger partial charge in [0, 0.05) is 30.1 Å². The second-order valence-corrected chi connectivity index (χ2v) is 9.38. The molecule has 0 unspecified atom stereocenters. The van der Waals surface area contributed by atoms with Crippen molar-refractivity contribution in [3.8, 4) is 5.75 Å². The van der Waals surface area contributed by atoms with Crippen LogP contribution in [0.15, 0.2) is 35.3 Å². The van der Waals surface area contributed by atoms with Crippen molar-refractivity contribution in [1.82, 2.24) is 9.55 Å². The van der Waals surface area contributed by atoms with Gasteiger partial charge in [0.1, 0.15) is 17.0 Å². The zero-order valence-electron chi connectivity index (χ0n) is 20.5. The smallest absolute Gasteiger partial charge is 0.405 e. The van der Waals surface area contributed by atoms with Crippen LogP contribution in [0.4, 0.5) is 13.6 Å². The molecule has 0 fully saturated rings. The van der Waals surface area contributed by atoms with Gasteiger partial charge < -0.3 is 19.8 Å². The van der Waals surface area contributed by atoms with E-state index in [0.29, 0.717) is 29.2 Å². The fourth-order valence-electron chi connectivity index (χ4n) is 3.46. The number of halogens is 2. The first kappa shape index (κ1) is 27.0. The molecule has 2 N–H and O–H groups in total. The summed E-state index contributed by atoms with van der Waals surface area (Å²) in [6, 6.07) is 7.01. The number of alkyl halides is 2. The maximum Gasteiger partial charge on any atom is 0.405 e. The molecule has 9 heteroatoms. The number of nitrogens with zero attached hydrogens (tertiary/aromatic N) is 2. The number of nitrogens with two attached hydrogens (primary N) is 1. The van der Waals surface area contributed by atoms with Crippen LogP contribution in [0.2, 0.25) is 0 Å². The van der Waals surface area contributed by atoms with Crippen molar-refractivity contribution in [3.63, 3.8) is 0 Å². The van der Waals surface area contributed by atoms with Crippen LogP contribution in [0, 0.1) is 5.92 Å². The highest BCUT2D eigenvalue weighted by Gasteiger charge is 2.19. The Kier molecular flexibility index (Phi) is 8.95. The van der Waals surface area contributed by atoms with Crippen LogP contribution in [-0.4, -0.2) is 27.9 Å². The van der Waals surface area contributed by atoms with Gasteiger partial charge in [0.25, 0.3) is 12.0 Å². The summed E-state index contributed by atoms with van der Waals surface area (Å²) in [6.07, 6.45) is -0.167. The van der Waals surface area contributed by atoms with Crippen molar-refractivity contribution in [3.05, 3.63) is 46.5 Å². The number of hydrogen-bond acceptors (Lipinski definition) is 5. The number of pyridine rings is 2. The number of fused-ring (bicyclic) bond motifs is 3. The lowest BCUT2D eigenvalue weighted by atomic mass is 10.1. The number of benzene rings is 1. The third-order valence-electron chi connectivity index (χ3n) is 4.93. The zero-order chi connectivity index (χ0) is 25.6. The number of carbonyl (C=O) groups excluding carboxylic acids is 1. The van der Waals surface area contributed by atoms with Gasteiger partial charge in [0.15, 0.2) is 0 Å². The van der Waals surface area contributed by atoms with E-state index in [0.717, 1.165) is 18.2 Å². The third-order valence-corrected chi connectivity index (χ3v) is 4.93. The number of primary amides is 1. The molecule has 0 saturated carbocycles. The maximum absolute atomic E-state index is 13.3. The number of aromatic nitrogens is 2. The Morgan fingerprint density at radius 3 is 2.38 bits per heavy atom. The molecule has 0 saturated heterocycles. The first-order valence-corrected chi connectivity index (χ1v) is 11.1. The quantitative estimate of drug-likeness (QED) is 0.362. The van der Waals surface area contributed by atoms with Gasteiger partial charge in [-0.2, -0.15) is 0 Å². The molecule has 2 heterocycles. The molecule has 0 aliphatic heterocycles. The van der Waals surface area contributed by atoms with Gasteiger partial charge >= 0.3 is 6.09 Å². The van der Waals surface area contributed by atoms with Crippen LogP contribution in [-0.2, 0) is 11.8 Å². The van der Waals surface area contributed by atoms with E-state index in [1.165, 1.54) is 10.8 Å². The first-order chi connectivity index (χ1) is 15.8. The van der Waals surface area contributed by atoms with E-state index in [1.807, 2.05) is 12.1 Å². The fourth-order valence-corrected chi connectivity index (χ4v) is 3.46. The van der Waals surface area contributed by atoms with Gasteiger partial charge in [-0.05, 0) is 57.7 Å². The van der Waals surface area contributed by atoms with E-state index >= 15 is 0 Å². The Labute approximate surface area is 197 Å². The summed E-state index contributed by atoms with van der Waals surface area (Å²) < 4.78 is 38.3. The van der Waals surface area contributed by atoms with Gasteiger partial charge in [-0.3, -0.25) is 9.78 Å². The van der Waals surface area contributed by atoms with Crippen molar-refractivity contribution >= 4 is 27.8 Å². The topological polar surface area (TPSA) is 96.4 Å². The SMILES string of the molecule is CC(C)(C)OC(N)=O.CC(C)CCCOc1ccc2c3ccnc(C(F)F)c3c(=O)n(C)c2c1. The molecule has 0 aliphatic carbocycles. The first-order valence-electron chi connectivity index (χ1n) is 11.1. The van der Waals surface area contributed by atoms with Crippen LogP contribution >= 0.6 is 0 Å². The van der Waals surface area contributed by atoms with Crippen LogP contribution < -0.4 is 16.0 Å². The summed E-state index contributed by atoms with van der Waals surface area (Å²) >= 11 is 0. The molecule has 7 nitrogen and oxygen atoms in total. The van der Waals surface area contributed by atoms with Gasteiger partial charge in [0.2, 0.25) is 0 Å². The summed E-state index contributed by atoms with van der Waals surface area (Å²) in [5, 5.41) is 1.18. The standard InChI is InChI=1S/C20H22F2N2O2.C5H11NO2/c1-12(2)5-4-10-26-13-6-7-14-15-8-9-23-18(19(21)22)17(15)20(25)24(3)16(14)11-13;1-5(2,3)8-4(6)7/h6-9,11-12,19H,4-5,10H2,1-3H3;1-3H3,(H2,6,7). The van der Waals surface area contributed by atoms with Crippen molar-refractivity contribution < 1.29 is 23.0 Å². The molecule has 3 rings (SSSR count). The van der Waals surface area contributed by atoms with Crippen molar-refractivity contribution in [2.24, 2.45) is 18.7 Å². The van der Waals surface area contributed by atoms with Gasteiger partial charge in [-0.15, -0.1) is 0 Å². The minimum Gasteiger partial charge on any atom is -0.494 e. The molecule has 1 aromatic carbocycles. The lowest BCUT2D eigenvalue weighted by molar-refractivity contribution is 0.0600. The molecule has 0 spiro atoms. The highest BCUT2D eigenvalue weighted by molar-refractivity contribution is 6.06. The molecule has 0 aliphatic rings. The second-order valence-electron chi connectivity index (χ2n) is 9.38. The highest BCUT2D eigenvalue weighted by atomic mass is 19.3. The number of hydrogen-bond donors (Lipinski definition) is 1. The molecule has 0 atom stereocenters. The largest absolute Gasteiger partial charge is 0.494 e. The number of rotatable bonds is 6. The monoisotopic (exact) mass is 477 g/mol. The Balaban J connectivity index is 0.000000440. The summed E-state index contributed by atoms with van der Waals surface area (Å²) in [4.78, 5) is 26.4. The molecule has 3 aromatic rings. The highest BCUT2D eigenvalue weighted by Crippen LogP contribution is 2.30. The van der Waals surface area contributed by atoms with Crippen molar-refractivity contribution in [2.75, 3.05) is 6.61 Å². The van der Waals surface area contributed by atoms with E-state index in [1.54, 1.807) is 40.0 Å². The van der Waals surface area contributed by atoms with Crippen LogP contribution in [0.3, 0.4) is 0 Å². The molecule has 2 aromatic heterocycles. The molecule has 186 valence electrons. The Hall–Kier alpha value is -3.23. The summed E-state index contributed by atoms with van der Waals surface area (Å²) in [5.41, 5.74) is 3.96. The average molecular weight is 478 g/mol. The lowest BCUT2D eigenvalue weighted by Crippen LogP contribution is -2.27. The summed E-state index contributed by atoms with van der Waals surface area (Å²) in [7, 11) is 1.58. The van der Waals surface area contributed by atoms with Crippen LogP contribution in [0.5, 0.6) is 5.75 Å². The van der Waals surface area contributed by atoms with E-state index < -0.39 is 29.4 Å². The maximum atomic E-state index is 13.3. The third kappa shape index (κ3) is 7.13. The number of ether oxygens (including phenoxy) is 2. The summed E-state index contributed by atoms with van der Waals surface area (Å²) in [5.74, 6) is 1.29. The number of amides is 1. The zero-order valence-corrected chi connectivity index (χ0v) is 20.5. The average Bonchev–Trinajstić information content (AvgIpc) is 2.73. The fraction of sp³-hybridized carbons (Fsp3) is 0.480. The molecular formula is C25H33F2N3O4. The lowest BCUT2D eigenvalue weighted by Gasteiger charge is -2.16. The molecular weight excluding hydrogens is 444 g/mol. The summed E-state index contributed by atoms with van der Waals surface area (Å²) in [6.45, 7) is 10.2. The van der Waals surface area contributed by atoms with Crippen molar-refractivity contribution in [2.45, 2.75) is 59.5 Å². The van der Waals surface area contributed by atoms with E-state index in [9.17, 15) is 18.4 Å². The van der Waals surface area contributed by atoms with Gasteiger partial charge in [-0.25, -0.2) is 13.6 Å². The Morgan fingerprint density at radius 2 is 1.85 bits per heavy atom. The van der Waals surface area contributed by atoms with Gasteiger partial charge in [-0.1, -0.05) is 13.8 Å². The molecule has 34 heavy (non-hydrogen) atoms. The number of carbonyl (C=O) groups is 1.